The van der Waals surface area contributed by atoms with Crippen LogP contribution < -0.4 is 0 Å². The summed E-state index contributed by atoms with van der Waals surface area (Å²) in [4.78, 5) is 27.5. The van der Waals surface area contributed by atoms with Crippen LogP contribution in [0.2, 0.25) is 0 Å². The molecule has 1 amide bonds. The first-order chi connectivity index (χ1) is 11.2. The van der Waals surface area contributed by atoms with Gasteiger partial charge in [-0.1, -0.05) is 18.2 Å². The molecule has 2 aromatic rings. The van der Waals surface area contributed by atoms with Crippen LogP contribution >= 0.6 is 0 Å². The number of aromatic nitrogens is 1. The Morgan fingerprint density at radius 1 is 0.913 bits per heavy atom. The Labute approximate surface area is 135 Å². The minimum Gasteiger partial charge on any atom is -0.331 e. The molecule has 0 radical (unpaired) electrons. The number of nitrogens with zero attached hydrogens (tertiary/aromatic N) is 2. The second-order valence-corrected chi connectivity index (χ2v) is 7.11. The van der Waals surface area contributed by atoms with Gasteiger partial charge in [-0.3, -0.25) is 14.2 Å². The zero-order chi connectivity index (χ0) is 15.6. The van der Waals surface area contributed by atoms with Gasteiger partial charge < -0.3 is 4.90 Å². The lowest BCUT2D eigenvalue weighted by Gasteiger charge is -2.50. The minimum absolute atomic E-state index is 0.194. The van der Waals surface area contributed by atoms with E-state index in [2.05, 4.69) is 17.0 Å². The molecular formula is C19H20N2O2. The van der Waals surface area contributed by atoms with Gasteiger partial charge in [-0.05, 0) is 43.7 Å². The molecule has 3 aliphatic heterocycles. The Hall–Kier alpha value is -2.10. The van der Waals surface area contributed by atoms with Crippen molar-refractivity contribution >= 4 is 22.7 Å². The van der Waals surface area contributed by atoms with Crippen molar-refractivity contribution in [3.8, 4) is 0 Å². The van der Waals surface area contributed by atoms with Crippen molar-refractivity contribution in [3.63, 3.8) is 0 Å². The third kappa shape index (κ3) is 1.56. The van der Waals surface area contributed by atoms with Crippen LogP contribution in [-0.2, 0) is 16.8 Å². The highest BCUT2D eigenvalue weighted by molar-refractivity contribution is 5.97. The summed E-state index contributed by atoms with van der Waals surface area (Å²) < 4.78 is 1.96. The zero-order valence-corrected chi connectivity index (χ0v) is 13.2. The lowest BCUT2D eigenvalue weighted by molar-refractivity contribution is -0.144. The van der Waals surface area contributed by atoms with Gasteiger partial charge >= 0.3 is 0 Å². The molecule has 0 saturated carbocycles. The van der Waals surface area contributed by atoms with Crippen LogP contribution in [-0.4, -0.2) is 27.8 Å². The number of piperidine rings is 1. The summed E-state index contributed by atoms with van der Waals surface area (Å²) in [5.74, 6) is 0.465. The van der Waals surface area contributed by atoms with Crippen molar-refractivity contribution in [2.75, 3.05) is 6.54 Å². The number of benzene rings is 1. The molecule has 1 unspecified atom stereocenters. The van der Waals surface area contributed by atoms with Gasteiger partial charge in [0.25, 0.3) is 0 Å². The SMILES string of the molecule is O=C1CCCC23CCCC(=O)n4c2c(c2ccccc24)CCN13. The lowest BCUT2D eigenvalue weighted by Crippen LogP contribution is -2.56. The van der Waals surface area contributed by atoms with E-state index in [-0.39, 0.29) is 17.4 Å². The highest BCUT2D eigenvalue weighted by Crippen LogP contribution is 2.50. The van der Waals surface area contributed by atoms with Crippen LogP contribution in [0.4, 0.5) is 0 Å². The average molecular weight is 308 g/mol. The van der Waals surface area contributed by atoms with Crippen LogP contribution in [0.25, 0.3) is 10.9 Å². The summed E-state index contributed by atoms with van der Waals surface area (Å²) in [7, 11) is 0. The molecule has 1 saturated heterocycles. The van der Waals surface area contributed by atoms with E-state index in [1.165, 1.54) is 10.9 Å². The van der Waals surface area contributed by atoms with Crippen molar-refractivity contribution in [3.05, 3.63) is 35.5 Å². The molecule has 1 fully saturated rings. The standard InChI is InChI=1S/C19H20N2O2/c22-16-7-3-10-19-11-4-8-17(23)21-15-6-2-1-5-13(15)14(18(19)21)9-12-20(16)19/h1-2,5-6H,3-4,7-12H2. The maximum absolute atomic E-state index is 12.8. The molecule has 1 aromatic heterocycles. The first-order valence-electron chi connectivity index (χ1n) is 8.69. The van der Waals surface area contributed by atoms with Gasteiger partial charge in [0.2, 0.25) is 11.8 Å². The predicted molar refractivity (Wildman–Crippen MR) is 87.4 cm³/mol. The maximum Gasteiger partial charge on any atom is 0.231 e. The topological polar surface area (TPSA) is 42.3 Å². The van der Waals surface area contributed by atoms with E-state index in [4.69, 9.17) is 0 Å². The molecule has 0 bridgehead atoms. The molecule has 1 aromatic carbocycles. The number of carbonyl (C=O) groups is 2. The Kier molecular flexibility index (Phi) is 2.59. The van der Waals surface area contributed by atoms with Crippen molar-refractivity contribution in [1.29, 1.82) is 0 Å². The molecule has 118 valence electrons. The van der Waals surface area contributed by atoms with Gasteiger partial charge in [0.05, 0.1) is 16.7 Å². The quantitative estimate of drug-likeness (QED) is 0.750. The van der Waals surface area contributed by atoms with Gasteiger partial charge in [-0.15, -0.1) is 0 Å². The highest BCUT2D eigenvalue weighted by atomic mass is 16.2. The van der Waals surface area contributed by atoms with Crippen molar-refractivity contribution in [2.24, 2.45) is 0 Å². The Bertz CT molecular complexity index is 850. The molecular weight excluding hydrogens is 288 g/mol. The second-order valence-electron chi connectivity index (χ2n) is 7.11. The maximum atomic E-state index is 12.8. The van der Waals surface area contributed by atoms with E-state index in [1.54, 1.807) is 0 Å². The molecule has 0 N–H and O–H groups in total. The minimum atomic E-state index is -0.242. The number of para-hydroxylation sites is 1. The van der Waals surface area contributed by atoms with Crippen LogP contribution in [0, 0.1) is 0 Å². The van der Waals surface area contributed by atoms with Crippen molar-refractivity contribution in [2.45, 2.75) is 50.5 Å². The first kappa shape index (κ1) is 13.3. The molecule has 3 aliphatic rings. The summed E-state index contributed by atoms with van der Waals surface area (Å²) in [6, 6.07) is 8.24. The molecule has 1 atom stereocenters. The summed E-state index contributed by atoms with van der Waals surface area (Å²) in [6.45, 7) is 0.800. The fourth-order valence-electron chi connectivity index (χ4n) is 5.18. The van der Waals surface area contributed by atoms with Crippen LogP contribution in [0.1, 0.15) is 54.6 Å². The van der Waals surface area contributed by atoms with Crippen LogP contribution in [0.15, 0.2) is 24.3 Å². The predicted octanol–water partition coefficient (Wildman–Crippen LogP) is 3.23. The summed E-state index contributed by atoms with van der Waals surface area (Å²) in [6.07, 6.45) is 5.83. The normalized spacial score (nSPS) is 26.9. The molecule has 0 aliphatic carbocycles. The first-order valence-corrected chi connectivity index (χ1v) is 8.69. The van der Waals surface area contributed by atoms with Gasteiger partial charge in [-0.2, -0.15) is 0 Å². The number of carbonyl (C=O) groups excluding carboxylic acids is 2. The van der Waals surface area contributed by atoms with E-state index in [1.807, 2.05) is 16.7 Å². The Morgan fingerprint density at radius 3 is 2.48 bits per heavy atom. The summed E-state index contributed by atoms with van der Waals surface area (Å²) in [5.41, 5.74) is 3.24. The van der Waals surface area contributed by atoms with E-state index < -0.39 is 0 Å². The fraction of sp³-hybridized carbons (Fsp3) is 0.474. The van der Waals surface area contributed by atoms with Crippen molar-refractivity contribution < 1.29 is 9.59 Å². The average Bonchev–Trinajstić information content (AvgIpc) is 2.82. The highest BCUT2D eigenvalue weighted by Gasteiger charge is 2.50. The number of fused-ring (bicyclic) bond motifs is 3. The Balaban J connectivity index is 1.90. The largest absolute Gasteiger partial charge is 0.331 e. The van der Waals surface area contributed by atoms with E-state index in [9.17, 15) is 9.59 Å². The van der Waals surface area contributed by atoms with Gasteiger partial charge in [-0.25, -0.2) is 0 Å². The smallest absolute Gasteiger partial charge is 0.231 e. The van der Waals surface area contributed by atoms with Crippen molar-refractivity contribution in [1.82, 2.24) is 9.47 Å². The van der Waals surface area contributed by atoms with Crippen LogP contribution in [0.3, 0.4) is 0 Å². The third-order valence-corrected chi connectivity index (χ3v) is 6.03. The summed E-state index contributed by atoms with van der Waals surface area (Å²) >= 11 is 0. The molecule has 5 rings (SSSR count). The van der Waals surface area contributed by atoms with E-state index in [0.717, 1.165) is 49.9 Å². The number of hydrogen-bond donors (Lipinski definition) is 0. The molecule has 4 heterocycles. The second kappa shape index (κ2) is 4.47. The van der Waals surface area contributed by atoms with Gasteiger partial charge in [0.15, 0.2) is 0 Å². The number of hydrogen-bond acceptors (Lipinski definition) is 2. The Morgan fingerprint density at radius 2 is 1.65 bits per heavy atom. The zero-order valence-electron chi connectivity index (χ0n) is 13.2. The molecule has 23 heavy (non-hydrogen) atoms. The number of rotatable bonds is 0. The van der Waals surface area contributed by atoms with Gasteiger partial charge in [0, 0.05) is 24.8 Å². The fourth-order valence-corrected chi connectivity index (χ4v) is 5.18. The molecule has 1 spiro atoms. The van der Waals surface area contributed by atoms with Gasteiger partial charge in [0.1, 0.15) is 0 Å². The van der Waals surface area contributed by atoms with E-state index in [0.29, 0.717) is 12.8 Å². The monoisotopic (exact) mass is 308 g/mol. The van der Waals surface area contributed by atoms with E-state index >= 15 is 0 Å². The third-order valence-electron chi connectivity index (χ3n) is 6.03. The lowest BCUT2D eigenvalue weighted by atomic mass is 9.75. The molecule has 4 nitrogen and oxygen atoms in total. The summed E-state index contributed by atoms with van der Waals surface area (Å²) in [5, 5.41) is 1.20. The molecule has 4 heteroatoms. The number of amides is 1. The van der Waals surface area contributed by atoms with Crippen LogP contribution in [0.5, 0.6) is 0 Å².